The fourth-order valence-corrected chi connectivity index (χ4v) is 0.923. The summed E-state index contributed by atoms with van der Waals surface area (Å²) < 4.78 is 38.1. The minimum absolute atomic E-state index is 0.0806. The number of hydrogen-bond donors (Lipinski definition) is 1. The standard InChI is InChI=1S/C7H3F3N2O3/c8-3-1-4(12(14)15)7(11-2-13)6(10)5(3)9/h1-2H,(H,11,13). The maximum absolute atomic E-state index is 12.9. The van der Waals surface area contributed by atoms with Gasteiger partial charge in [0.2, 0.25) is 6.41 Å². The summed E-state index contributed by atoms with van der Waals surface area (Å²) in [5.41, 5.74) is -2.06. The molecule has 0 atom stereocenters. The molecule has 0 aliphatic heterocycles. The minimum atomic E-state index is -1.88. The van der Waals surface area contributed by atoms with Crippen LogP contribution in [0.15, 0.2) is 6.07 Å². The van der Waals surface area contributed by atoms with Crippen LogP contribution in [0.4, 0.5) is 24.5 Å². The Kier molecular flexibility index (Phi) is 2.88. The van der Waals surface area contributed by atoms with E-state index in [1.54, 1.807) is 5.32 Å². The Morgan fingerprint density at radius 3 is 2.40 bits per heavy atom. The van der Waals surface area contributed by atoms with Crippen LogP contribution in [0.25, 0.3) is 0 Å². The van der Waals surface area contributed by atoms with E-state index in [4.69, 9.17) is 0 Å². The number of hydrogen-bond acceptors (Lipinski definition) is 3. The van der Waals surface area contributed by atoms with Crippen molar-refractivity contribution in [1.29, 1.82) is 0 Å². The summed E-state index contributed by atoms with van der Waals surface area (Å²) in [5.74, 6) is -5.39. The van der Waals surface area contributed by atoms with E-state index in [0.29, 0.717) is 0 Å². The highest BCUT2D eigenvalue weighted by molar-refractivity contribution is 5.78. The number of benzene rings is 1. The number of carbonyl (C=O) groups is 1. The smallest absolute Gasteiger partial charge is 0.298 e. The molecule has 0 fully saturated rings. The second kappa shape index (κ2) is 3.95. The predicted molar refractivity (Wildman–Crippen MR) is 42.7 cm³/mol. The van der Waals surface area contributed by atoms with Crippen LogP contribution in [0.3, 0.4) is 0 Å². The summed E-state index contributed by atoms with van der Waals surface area (Å²) in [7, 11) is 0. The first kappa shape index (κ1) is 11.0. The molecule has 80 valence electrons. The van der Waals surface area contributed by atoms with Gasteiger partial charge >= 0.3 is 0 Å². The molecule has 0 bridgehead atoms. The van der Waals surface area contributed by atoms with Crippen molar-refractivity contribution in [2.75, 3.05) is 5.32 Å². The highest BCUT2D eigenvalue weighted by Gasteiger charge is 2.25. The van der Waals surface area contributed by atoms with E-state index in [9.17, 15) is 28.1 Å². The Bertz CT molecular complexity index is 436. The molecule has 0 heterocycles. The lowest BCUT2D eigenvalue weighted by molar-refractivity contribution is -0.384. The molecular weight excluding hydrogens is 217 g/mol. The summed E-state index contributed by atoms with van der Waals surface area (Å²) in [4.78, 5) is 19.1. The quantitative estimate of drug-likeness (QED) is 0.363. The van der Waals surface area contributed by atoms with E-state index in [-0.39, 0.29) is 12.5 Å². The molecule has 1 aromatic carbocycles. The molecule has 1 amide bonds. The van der Waals surface area contributed by atoms with Gasteiger partial charge in [-0.2, -0.15) is 0 Å². The predicted octanol–water partition coefficient (Wildman–Crippen LogP) is 1.58. The van der Waals surface area contributed by atoms with E-state index in [1.807, 2.05) is 0 Å². The maximum atomic E-state index is 12.9. The van der Waals surface area contributed by atoms with Crippen LogP contribution in [0.1, 0.15) is 0 Å². The topological polar surface area (TPSA) is 72.2 Å². The fourth-order valence-electron chi connectivity index (χ4n) is 0.923. The van der Waals surface area contributed by atoms with Gasteiger partial charge in [-0.05, 0) is 0 Å². The van der Waals surface area contributed by atoms with Crippen molar-refractivity contribution in [3.63, 3.8) is 0 Å². The highest BCUT2D eigenvalue weighted by Crippen LogP contribution is 2.30. The molecule has 0 spiro atoms. The maximum Gasteiger partial charge on any atom is 0.298 e. The van der Waals surface area contributed by atoms with Gasteiger partial charge < -0.3 is 5.32 Å². The zero-order valence-corrected chi connectivity index (χ0v) is 6.96. The number of nitro groups is 1. The van der Waals surface area contributed by atoms with Crippen LogP contribution in [0.5, 0.6) is 0 Å². The average Bonchev–Trinajstić information content (AvgIpc) is 2.18. The second-order valence-electron chi connectivity index (χ2n) is 2.40. The van der Waals surface area contributed by atoms with Gasteiger partial charge in [0.25, 0.3) is 5.69 Å². The molecule has 1 rings (SSSR count). The molecule has 1 aromatic rings. The number of halogens is 3. The Morgan fingerprint density at radius 1 is 1.33 bits per heavy atom. The monoisotopic (exact) mass is 220 g/mol. The largest absolute Gasteiger partial charge is 0.320 e. The van der Waals surface area contributed by atoms with Gasteiger partial charge in [-0.3, -0.25) is 14.9 Å². The third-order valence-electron chi connectivity index (χ3n) is 1.54. The van der Waals surface area contributed by atoms with Crippen molar-refractivity contribution in [2.45, 2.75) is 0 Å². The van der Waals surface area contributed by atoms with Crippen molar-refractivity contribution >= 4 is 17.8 Å². The number of nitrogens with one attached hydrogen (secondary N) is 1. The molecule has 8 heteroatoms. The van der Waals surface area contributed by atoms with Gasteiger partial charge in [-0.25, -0.2) is 13.2 Å². The van der Waals surface area contributed by atoms with Gasteiger partial charge in [-0.15, -0.1) is 0 Å². The number of rotatable bonds is 3. The summed E-state index contributed by atoms with van der Waals surface area (Å²) in [6.45, 7) is 0. The molecule has 0 aromatic heterocycles. The van der Waals surface area contributed by atoms with E-state index in [1.165, 1.54) is 0 Å². The van der Waals surface area contributed by atoms with Crippen LogP contribution in [0, 0.1) is 27.6 Å². The summed E-state index contributed by atoms with van der Waals surface area (Å²) in [6.07, 6.45) is -0.0806. The summed E-state index contributed by atoms with van der Waals surface area (Å²) in [6, 6.07) is 0.185. The molecule has 1 N–H and O–H groups in total. The molecular formula is C7H3F3N2O3. The number of nitro benzene ring substituents is 1. The van der Waals surface area contributed by atoms with Gasteiger partial charge in [-0.1, -0.05) is 0 Å². The Balaban J connectivity index is 3.49. The van der Waals surface area contributed by atoms with Crippen LogP contribution >= 0.6 is 0 Å². The molecule has 0 unspecified atom stereocenters. The molecule has 0 aliphatic rings. The van der Waals surface area contributed by atoms with Crippen LogP contribution in [-0.2, 0) is 4.79 Å². The van der Waals surface area contributed by atoms with Crippen LogP contribution in [0.2, 0.25) is 0 Å². The number of nitrogens with zero attached hydrogens (tertiary/aromatic N) is 1. The van der Waals surface area contributed by atoms with Crippen LogP contribution < -0.4 is 5.32 Å². The van der Waals surface area contributed by atoms with Crippen molar-refractivity contribution in [1.82, 2.24) is 0 Å². The van der Waals surface area contributed by atoms with E-state index < -0.39 is 33.7 Å². The van der Waals surface area contributed by atoms with Gasteiger partial charge in [0.15, 0.2) is 23.1 Å². The average molecular weight is 220 g/mol. The highest BCUT2D eigenvalue weighted by atomic mass is 19.2. The van der Waals surface area contributed by atoms with Crippen molar-refractivity contribution < 1.29 is 22.9 Å². The summed E-state index contributed by atoms with van der Waals surface area (Å²) >= 11 is 0. The van der Waals surface area contributed by atoms with Crippen molar-refractivity contribution in [3.8, 4) is 0 Å². The second-order valence-corrected chi connectivity index (χ2v) is 2.40. The number of anilines is 1. The first-order chi connectivity index (χ1) is 6.99. The normalized spacial score (nSPS) is 9.80. The third kappa shape index (κ3) is 1.87. The minimum Gasteiger partial charge on any atom is -0.320 e. The van der Waals surface area contributed by atoms with Crippen molar-refractivity contribution in [2.24, 2.45) is 0 Å². The first-order valence-corrected chi connectivity index (χ1v) is 3.51. The molecule has 0 aliphatic carbocycles. The van der Waals surface area contributed by atoms with E-state index >= 15 is 0 Å². The molecule has 0 saturated carbocycles. The molecule has 0 radical (unpaired) electrons. The lowest BCUT2D eigenvalue weighted by Crippen LogP contribution is -2.05. The van der Waals surface area contributed by atoms with E-state index in [2.05, 4.69) is 0 Å². The first-order valence-electron chi connectivity index (χ1n) is 3.51. The fraction of sp³-hybridized carbons (Fsp3) is 0. The Morgan fingerprint density at radius 2 is 1.93 bits per heavy atom. The Hall–Kier alpha value is -2.12. The van der Waals surface area contributed by atoms with Crippen molar-refractivity contribution in [3.05, 3.63) is 33.6 Å². The zero-order valence-electron chi connectivity index (χ0n) is 6.96. The lowest BCUT2D eigenvalue weighted by atomic mass is 10.2. The third-order valence-corrected chi connectivity index (χ3v) is 1.54. The van der Waals surface area contributed by atoms with Gasteiger partial charge in [0.1, 0.15) is 0 Å². The van der Waals surface area contributed by atoms with E-state index in [0.717, 1.165) is 0 Å². The lowest BCUT2D eigenvalue weighted by Gasteiger charge is -2.03. The molecule has 15 heavy (non-hydrogen) atoms. The summed E-state index contributed by atoms with van der Waals surface area (Å²) in [5, 5.41) is 11.9. The Labute approximate surface area is 80.7 Å². The van der Waals surface area contributed by atoms with Crippen LogP contribution in [-0.4, -0.2) is 11.3 Å². The molecule has 0 saturated heterocycles. The van der Waals surface area contributed by atoms with Gasteiger partial charge in [0.05, 0.1) is 11.0 Å². The SMILES string of the molecule is O=CNc1c([N+](=O)[O-])cc(F)c(F)c1F. The zero-order chi connectivity index (χ0) is 11.6. The number of carbonyl (C=O) groups excluding carboxylic acids is 1. The molecule has 5 nitrogen and oxygen atoms in total. The van der Waals surface area contributed by atoms with Gasteiger partial charge in [0, 0.05) is 0 Å². The number of amides is 1.